The summed E-state index contributed by atoms with van der Waals surface area (Å²) >= 11 is 0. The van der Waals surface area contributed by atoms with Gasteiger partial charge in [-0.05, 0) is 74.5 Å². The molecule has 1 saturated heterocycles. The van der Waals surface area contributed by atoms with E-state index in [0.29, 0.717) is 6.04 Å². The second-order valence-electron chi connectivity index (χ2n) is 7.82. The van der Waals surface area contributed by atoms with E-state index in [0.717, 1.165) is 61.1 Å². The van der Waals surface area contributed by atoms with Crippen molar-refractivity contribution in [3.05, 3.63) is 54.1 Å². The number of hydrogen-bond acceptors (Lipinski definition) is 4. The van der Waals surface area contributed by atoms with Crippen LogP contribution in [0, 0.1) is 5.92 Å². The molecule has 6 heteroatoms. The number of hydrogen-bond donors (Lipinski definition) is 2. The van der Waals surface area contributed by atoms with Gasteiger partial charge in [-0.1, -0.05) is 12.1 Å². The number of amides is 1. The number of methoxy groups -OCH3 is 1. The molecule has 29 heavy (non-hydrogen) atoms. The van der Waals surface area contributed by atoms with E-state index in [4.69, 9.17) is 4.74 Å². The van der Waals surface area contributed by atoms with Gasteiger partial charge in [0.2, 0.25) is 0 Å². The van der Waals surface area contributed by atoms with Gasteiger partial charge in [-0.3, -0.25) is 4.79 Å². The second kappa shape index (κ2) is 9.99. The monoisotopic (exact) mass is 415 g/mol. The number of nitrogens with zero attached hydrogens (tertiary/aromatic N) is 1. The third-order valence-electron chi connectivity index (χ3n) is 5.70. The van der Waals surface area contributed by atoms with Gasteiger partial charge in [-0.2, -0.15) is 0 Å². The van der Waals surface area contributed by atoms with Crippen LogP contribution in [-0.2, 0) is 0 Å². The molecule has 1 amide bonds. The highest BCUT2D eigenvalue weighted by molar-refractivity contribution is 6.00. The number of halogens is 1. The zero-order valence-electron chi connectivity index (χ0n) is 16.9. The van der Waals surface area contributed by atoms with Crippen LogP contribution in [0.3, 0.4) is 0 Å². The summed E-state index contributed by atoms with van der Waals surface area (Å²) in [5.74, 6) is 1.82. The molecule has 0 aromatic heterocycles. The first-order valence-corrected chi connectivity index (χ1v) is 10.3. The summed E-state index contributed by atoms with van der Waals surface area (Å²) in [6.45, 7) is 2.78. The molecule has 1 saturated carbocycles. The van der Waals surface area contributed by atoms with Gasteiger partial charge >= 0.3 is 0 Å². The van der Waals surface area contributed by atoms with E-state index in [2.05, 4.69) is 10.6 Å². The zero-order chi connectivity index (χ0) is 19.3. The lowest BCUT2D eigenvalue weighted by Crippen LogP contribution is -2.45. The largest absolute Gasteiger partial charge is 0.497 e. The molecule has 0 bridgehead atoms. The number of anilines is 2. The molecule has 5 nitrogen and oxygen atoms in total. The van der Waals surface area contributed by atoms with Crippen molar-refractivity contribution in [3.8, 4) is 5.75 Å². The van der Waals surface area contributed by atoms with Gasteiger partial charge < -0.3 is 20.3 Å². The lowest BCUT2D eigenvalue weighted by atomic mass is 10.0. The van der Waals surface area contributed by atoms with Crippen molar-refractivity contribution in [2.24, 2.45) is 5.92 Å². The minimum Gasteiger partial charge on any atom is -0.497 e. The fraction of sp³-hybridized carbons (Fsp3) is 0.435. The van der Waals surface area contributed by atoms with Crippen LogP contribution >= 0.6 is 12.4 Å². The Morgan fingerprint density at radius 3 is 2.38 bits per heavy atom. The van der Waals surface area contributed by atoms with E-state index >= 15 is 0 Å². The smallest absolute Gasteiger partial charge is 0.255 e. The molecule has 2 aromatic rings. The SMILES string of the molecule is COc1ccc(Nc2ccccc2C(=O)N2CCC(NCC3CC3)CC2)cc1.Cl. The zero-order valence-corrected chi connectivity index (χ0v) is 17.7. The Bertz CT molecular complexity index is 800. The second-order valence-corrected chi connectivity index (χ2v) is 7.82. The Morgan fingerprint density at radius 2 is 1.72 bits per heavy atom. The Kier molecular flexibility index (Phi) is 7.40. The van der Waals surface area contributed by atoms with Crippen molar-refractivity contribution in [2.75, 3.05) is 32.1 Å². The molecule has 0 atom stereocenters. The molecule has 1 heterocycles. The number of nitrogens with one attached hydrogen (secondary N) is 2. The molecule has 2 aromatic carbocycles. The number of benzene rings is 2. The number of ether oxygens (including phenoxy) is 1. The van der Waals surface area contributed by atoms with Gasteiger partial charge in [-0.15, -0.1) is 12.4 Å². The summed E-state index contributed by atoms with van der Waals surface area (Å²) in [5, 5.41) is 7.05. The summed E-state index contributed by atoms with van der Waals surface area (Å²) in [4.78, 5) is 15.1. The third-order valence-corrected chi connectivity index (χ3v) is 5.70. The average molecular weight is 416 g/mol. The number of rotatable bonds is 7. The minimum atomic E-state index is 0. The van der Waals surface area contributed by atoms with Crippen LogP contribution in [0.15, 0.2) is 48.5 Å². The predicted octanol–water partition coefficient (Wildman–Crippen LogP) is 4.46. The number of para-hydroxylation sites is 1. The fourth-order valence-electron chi connectivity index (χ4n) is 3.72. The summed E-state index contributed by atoms with van der Waals surface area (Å²) in [6.07, 6.45) is 4.82. The quantitative estimate of drug-likeness (QED) is 0.700. The number of carbonyl (C=O) groups excluding carboxylic acids is 1. The Balaban J connectivity index is 0.00000240. The van der Waals surface area contributed by atoms with Gasteiger partial charge in [0, 0.05) is 24.8 Å². The minimum absolute atomic E-state index is 0. The Labute approximate surface area is 179 Å². The number of carbonyl (C=O) groups is 1. The van der Waals surface area contributed by atoms with Crippen LogP contribution in [0.25, 0.3) is 0 Å². The van der Waals surface area contributed by atoms with Crippen molar-refractivity contribution in [1.29, 1.82) is 0 Å². The van der Waals surface area contributed by atoms with Crippen molar-refractivity contribution < 1.29 is 9.53 Å². The van der Waals surface area contributed by atoms with Gasteiger partial charge in [0.15, 0.2) is 0 Å². The van der Waals surface area contributed by atoms with E-state index in [1.807, 2.05) is 53.4 Å². The molecule has 4 rings (SSSR count). The van der Waals surface area contributed by atoms with Gasteiger partial charge in [0.05, 0.1) is 18.4 Å². The van der Waals surface area contributed by atoms with Crippen LogP contribution in [0.1, 0.15) is 36.0 Å². The maximum absolute atomic E-state index is 13.1. The molecule has 1 aliphatic carbocycles. The van der Waals surface area contributed by atoms with Crippen LogP contribution in [-0.4, -0.2) is 43.6 Å². The molecule has 156 valence electrons. The van der Waals surface area contributed by atoms with Crippen molar-refractivity contribution >= 4 is 29.7 Å². The van der Waals surface area contributed by atoms with E-state index in [1.165, 1.54) is 12.8 Å². The average Bonchev–Trinajstić information content (AvgIpc) is 3.58. The van der Waals surface area contributed by atoms with Crippen molar-refractivity contribution in [2.45, 2.75) is 31.7 Å². The van der Waals surface area contributed by atoms with E-state index in [1.54, 1.807) is 7.11 Å². The molecule has 2 N–H and O–H groups in total. The lowest BCUT2D eigenvalue weighted by molar-refractivity contribution is 0.0706. The highest BCUT2D eigenvalue weighted by Gasteiger charge is 2.27. The topological polar surface area (TPSA) is 53.6 Å². The number of likely N-dealkylation sites (tertiary alicyclic amines) is 1. The maximum Gasteiger partial charge on any atom is 0.255 e. The third kappa shape index (κ3) is 5.64. The van der Waals surface area contributed by atoms with E-state index < -0.39 is 0 Å². The molecule has 2 aliphatic rings. The molecular weight excluding hydrogens is 386 g/mol. The maximum atomic E-state index is 13.1. The number of piperidine rings is 1. The Morgan fingerprint density at radius 1 is 1.03 bits per heavy atom. The van der Waals surface area contributed by atoms with Crippen LogP contribution < -0.4 is 15.4 Å². The Hall–Kier alpha value is -2.24. The molecule has 0 radical (unpaired) electrons. The highest BCUT2D eigenvalue weighted by Crippen LogP contribution is 2.28. The highest BCUT2D eigenvalue weighted by atomic mass is 35.5. The molecular formula is C23H30ClN3O2. The summed E-state index contributed by atoms with van der Waals surface area (Å²) in [7, 11) is 1.65. The predicted molar refractivity (Wildman–Crippen MR) is 120 cm³/mol. The first kappa shape index (κ1) is 21.5. The normalized spacial score (nSPS) is 16.8. The fourth-order valence-corrected chi connectivity index (χ4v) is 3.72. The van der Waals surface area contributed by atoms with Gasteiger partial charge in [0.25, 0.3) is 5.91 Å². The van der Waals surface area contributed by atoms with E-state index in [9.17, 15) is 4.79 Å². The van der Waals surface area contributed by atoms with E-state index in [-0.39, 0.29) is 18.3 Å². The summed E-state index contributed by atoms with van der Waals surface area (Å²) in [5.41, 5.74) is 2.50. The van der Waals surface area contributed by atoms with Crippen molar-refractivity contribution in [3.63, 3.8) is 0 Å². The van der Waals surface area contributed by atoms with Crippen LogP contribution in [0.2, 0.25) is 0 Å². The van der Waals surface area contributed by atoms with Crippen molar-refractivity contribution in [1.82, 2.24) is 10.2 Å². The molecule has 2 fully saturated rings. The first-order valence-electron chi connectivity index (χ1n) is 10.3. The van der Waals surface area contributed by atoms with Crippen LogP contribution in [0.4, 0.5) is 11.4 Å². The standard InChI is InChI=1S/C23H29N3O2.ClH/c1-28-20-10-8-19(9-11-20)25-22-5-3-2-4-21(22)23(27)26-14-12-18(13-15-26)24-16-17-6-7-17;/h2-5,8-11,17-18,24-25H,6-7,12-16H2,1H3;1H. The molecule has 0 unspecified atom stereocenters. The molecule has 0 spiro atoms. The summed E-state index contributed by atoms with van der Waals surface area (Å²) < 4.78 is 5.21. The van der Waals surface area contributed by atoms with Gasteiger partial charge in [-0.25, -0.2) is 0 Å². The molecule has 1 aliphatic heterocycles. The van der Waals surface area contributed by atoms with Gasteiger partial charge in [0.1, 0.15) is 5.75 Å². The first-order chi connectivity index (χ1) is 13.7. The lowest BCUT2D eigenvalue weighted by Gasteiger charge is -2.33. The summed E-state index contributed by atoms with van der Waals surface area (Å²) in [6, 6.07) is 16.0. The van der Waals surface area contributed by atoms with Crippen LogP contribution in [0.5, 0.6) is 5.75 Å².